The first-order valence-corrected chi connectivity index (χ1v) is 12.9. The van der Waals surface area contributed by atoms with Crippen LogP contribution in [0, 0.1) is 0 Å². The fraction of sp³-hybridized carbons (Fsp3) is 0.0455. The molecule has 0 saturated carbocycles. The van der Waals surface area contributed by atoms with Crippen molar-refractivity contribution in [3.63, 3.8) is 0 Å². The SMILES string of the molecule is CS(=O)(=O)c1ccccc1S(=O)(=O)Nc1ccc2[nH]nc(-c3cc4ccccc4o3)c2c1. The first kappa shape index (κ1) is 20.3. The Hall–Kier alpha value is -3.63. The molecule has 3 aromatic carbocycles. The number of benzene rings is 3. The summed E-state index contributed by atoms with van der Waals surface area (Å²) in [5, 5.41) is 8.82. The molecule has 0 atom stereocenters. The van der Waals surface area contributed by atoms with Gasteiger partial charge < -0.3 is 4.42 Å². The maximum atomic E-state index is 13.0. The monoisotopic (exact) mass is 467 g/mol. The fourth-order valence-electron chi connectivity index (χ4n) is 3.55. The molecule has 0 fully saturated rings. The van der Waals surface area contributed by atoms with E-state index in [1.807, 2.05) is 30.3 Å². The number of H-pyrrole nitrogens is 1. The molecule has 2 N–H and O–H groups in total. The van der Waals surface area contributed by atoms with Gasteiger partial charge in [-0.1, -0.05) is 30.3 Å². The number of furan rings is 1. The summed E-state index contributed by atoms with van der Waals surface area (Å²) in [4.78, 5) is -0.577. The highest BCUT2D eigenvalue weighted by molar-refractivity contribution is 7.95. The second-order valence-electron chi connectivity index (χ2n) is 7.31. The van der Waals surface area contributed by atoms with E-state index < -0.39 is 19.9 Å². The Morgan fingerprint density at radius 3 is 2.34 bits per heavy atom. The van der Waals surface area contributed by atoms with Crippen LogP contribution < -0.4 is 4.72 Å². The van der Waals surface area contributed by atoms with Crippen LogP contribution in [0.5, 0.6) is 0 Å². The van der Waals surface area contributed by atoms with Crippen molar-refractivity contribution in [2.24, 2.45) is 0 Å². The van der Waals surface area contributed by atoms with Crippen LogP contribution in [0.3, 0.4) is 0 Å². The molecule has 32 heavy (non-hydrogen) atoms. The Morgan fingerprint density at radius 2 is 1.59 bits per heavy atom. The van der Waals surface area contributed by atoms with E-state index in [0.717, 1.165) is 11.6 Å². The van der Waals surface area contributed by atoms with Gasteiger partial charge in [0.25, 0.3) is 10.0 Å². The van der Waals surface area contributed by atoms with Crippen LogP contribution >= 0.6 is 0 Å². The number of hydrogen-bond acceptors (Lipinski definition) is 6. The Morgan fingerprint density at radius 1 is 0.875 bits per heavy atom. The highest BCUT2D eigenvalue weighted by Crippen LogP contribution is 2.33. The lowest BCUT2D eigenvalue weighted by atomic mass is 10.1. The van der Waals surface area contributed by atoms with Gasteiger partial charge in [-0.3, -0.25) is 9.82 Å². The molecule has 0 aliphatic rings. The van der Waals surface area contributed by atoms with Crippen molar-refractivity contribution in [1.82, 2.24) is 10.2 Å². The molecule has 2 heterocycles. The minimum Gasteiger partial charge on any atom is -0.454 e. The Balaban J connectivity index is 1.57. The summed E-state index contributed by atoms with van der Waals surface area (Å²) in [6.45, 7) is 0. The number of rotatable bonds is 5. The highest BCUT2D eigenvalue weighted by atomic mass is 32.2. The molecule has 2 aromatic heterocycles. The summed E-state index contributed by atoms with van der Waals surface area (Å²) in [5.41, 5.74) is 2.21. The summed E-state index contributed by atoms with van der Waals surface area (Å²) >= 11 is 0. The molecule has 5 rings (SSSR count). The topological polar surface area (TPSA) is 122 Å². The fourth-order valence-corrected chi connectivity index (χ4v) is 6.23. The molecular formula is C22H17N3O5S2. The minimum absolute atomic E-state index is 0.263. The molecule has 0 amide bonds. The predicted molar refractivity (Wildman–Crippen MR) is 122 cm³/mol. The maximum Gasteiger partial charge on any atom is 0.263 e. The van der Waals surface area contributed by atoms with Crippen LogP contribution in [-0.4, -0.2) is 33.3 Å². The summed E-state index contributed by atoms with van der Waals surface area (Å²) in [5.74, 6) is 0.542. The van der Waals surface area contributed by atoms with Gasteiger partial charge in [-0.05, 0) is 42.5 Å². The third kappa shape index (κ3) is 3.53. The molecular weight excluding hydrogens is 450 g/mol. The Kier molecular flexibility index (Phi) is 4.57. The maximum absolute atomic E-state index is 13.0. The van der Waals surface area contributed by atoms with E-state index in [1.165, 1.54) is 24.3 Å². The summed E-state index contributed by atoms with van der Waals surface area (Å²) in [7, 11) is -7.90. The van der Waals surface area contributed by atoms with Crippen molar-refractivity contribution < 1.29 is 21.3 Å². The largest absolute Gasteiger partial charge is 0.454 e. The lowest BCUT2D eigenvalue weighted by Gasteiger charge is -2.11. The van der Waals surface area contributed by atoms with Crippen LogP contribution in [0.15, 0.2) is 87.0 Å². The number of hydrogen-bond donors (Lipinski definition) is 2. The van der Waals surface area contributed by atoms with Crippen molar-refractivity contribution in [3.05, 3.63) is 72.8 Å². The third-order valence-electron chi connectivity index (χ3n) is 5.01. The number of aromatic nitrogens is 2. The van der Waals surface area contributed by atoms with Crippen LogP contribution in [0.1, 0.15) is 0 Å². The Labute approximate surface area is 183 Å². The zero-order valence-corrected chi connectivity index (χ0v) is 18.4. The summed E-state index contributed by atoms with van der Waals surface area (Å²) in [6, 6.07) is 19.8. The van der Waals surface area contributed by atoms with Crippen molar-refractivity contribution in [2.75, 3.05) is 11.0 Å². The molecule has 162 valence electrons. The van der Waals surface area contributed by atoms with Crippen LogP contribution in [0.25, 0.3) is 33.3 Å². The smallest absolute Gasteiger partial charge is 0.263 e. The quantitative estimate of drug-likeness (QED) is 0.400. The van der Waals surface area contributed by atoms with E-state index in [1.54, 1.807) is 18.2 Å². The van der Waals surface area contributed by atoms with Crippen molar-refractivity contribution in [2.45, 2.75) is 9.79 Å². The molecule has 10 heteroatoms. The Bertz CT molecular complexity index is 1670. The number of aromatic amines is 1. The molecule has 0 unspecified atom stereocenters. The van der Waals surface area contributed by atoms with Gasteiger partial charge in [-0.25, -0.2) is 16.8 Å². The number of anilines is 1. The van der Waals surface area contributed by atoms with E-state index in [2.05, 4.69) is 14.9 Å². The van der Waals surface area contributed by atoms with E-state index in [9.17, 15) is 16.8 Å². The van der Waals surface area contributed by atoms with Crippen LogP contribution in [0.4, 0.5) is 5.69 Å². The van der Waals surface area contributed by atoms with Gasteiger partial charge in [0.2, 0.25) is 0 Å². The molecule has 0 aliphatic carbocycles. The summed E-state index contributed by atoms with van der Waals surface area (Å²) in [6.07, 6.45) is 0.971. The summed E-state index contributed by atoms with van der Waals surface area (Å²) < 4.78 is 58.5. The van der Waals surface area contributed by atoms with Gasteiger partial charge in [-0.2, -0.15) is 5.10 Å². The molecule has 0 spiro atoms. The minimum atomic E-state index is -4.16. The van der Waals surface area contributed by atoms with E-state index >= 15 is 0 Å². The number of sulfonamides is 1. The number of sulfone groups is 1. The molecule has 0 radical (unpaired) electrons. The first-order chi connectivity index (χ1) is 15.2. The van der Waals surface area contributed by atoms with Crippen molar-refractivity contribution in [3.8, 4) is 11.5 Å². The van der Waals surface area contributed by atoms with Gasteiger partial charge in [0, 0.05) is 22.7 Å². The molecule has 0 saturated heterocycles. The van der Waals surface area contributed by atoms with Crippen LogP contribution in [-0.2, 0) is 19.9 Å². The second-order valence-corrected chi connectivity index (χ2v) is 10.9. The first-order valence-electron chi connectivity index (χ1n) is 9.51. The molecule has 8 nitrogen and oxygen atoms in total. The van der Waals surface area contributed by atoms with Crippen molar-refractivity contribution >= 4 is 47.4 Å². The van der Waals surface area contributed by atoms with Gasteiger partial charge in [-0.15, -0.1) is 0 Å². The van der Waals surface area contributed by atoms with Crippen molar-refractivity contribution in [1.29, 1.82) is 0 Å². The number of fused-ring (bicyclic) bond motifs is 2. The normalized spacial score (nSPS) is 12.4. The lowest BCUT2D eigenvalue weighted by Crippen LogP contribution is -2.16. The predicted octanol–water partition coefficient (Wildman–Crippen LogP) is 4.18. The average Bonchev–Trinajstić information content (AvgIpc) is 3.36. The standard InChI is InChI=1S/C22H17N3O5S2/c1-31(26,27)20-8-4-5-9-21(20)32(28,29)25-15-10-11-17-16(13-15)22(24-23-17)19-12-14-6-2-3-7-18(14)30-19/h2-13,25H,1H3,(H,23,24). The molecule has 0 bridgehead atoms. The van der Waals surface area contributed by atoms with Gasteiger partial charge in [0.05, 0.1) is 10.4 Å². The van der Waals surface area contributed by atoms with E-state index in [0.29, 0.717) is 27.9 Å². The van der Waals surface area contributed by atoms with Crippen LogP contribution in [0.2, 0.25) is 0 Å². The van der Waals surface area contributed by atoms with Gasteiger partial charge in [0.1, 0.15) is 16.2 Å². The molecule has 0 aliphatic heterocycles. The highest BCUT2D eigenvalue weighted by Gasteiger charge is 2.24. The van der Waals surface area contributed by atoms with Gasteiger partial charge >= 0.3 is 0 Å². The second kappa shape index (κ2) is 7.21. The van der Waals surface area contributed by atoms with E-state index in [4.69, 9.17) is 4.42 Å². The number of para-hydroxylation sites is 1. The van der Waals surface area contributed by atoms with E-state index in [-0.39, 0.29) is 15.5 Å². The third-order valence-corrected chi connectivity index (χ3v) is 7.74. The zero-order chi connectivity index (χ0) is 22.5. The number of nitrogens with one attached hydrogen (secondary N) is 2. The van der Waals surface area contributed by atoms with Gasteiger partial charge in [0.15, 0.2) is 15.6 Å². The number of nitrogens with zero attached hydrogens (tertiary/aromatic N) is 1. The lowest BCUT2D eigenvalue weighted by molar-refractivity contribution is 0.588. The zero-order valence-electron chi connectivity index (χ0n) is 16.7. The molecule has 5 aromatic rings. The average molecular weight is 468 g/mol.